The molecule has 1 aliphatic rings. The third-order valence-electron chi connectivity index (χ3n) is 3.06. The topological polar surface area (TPSA) is 75.7 Å². The van der Waals surface area contributed by atoms with Crippen LogP contribution in [-0.2, 0) is 14.4 Å². The smallest absolute Gasteiger partial charge is 0.290 e. The molecule has 1 unspecified atom stereocenters. The fourth-order valence-corrected chi connectivity index (χ4v) is 1.96. The van der Waals surface area contributed by atoms with Crippen LogP contribution in [0.1, 0.15) is 0 Å². The maximum absolute atomic E-state index is 11.8. The van der Waals surface area contributed by atoms with Crippen molar-refractivity contribution < 1.29 is 19.1 Å². The number of ether oxygens (including phenoxy) is 1. The number of nitrogens with zero attached hydrogens (tertiary/aromatic N) is 1. The predicted molar refractivity (Wildman–Crippen MR) is 71.1 cm³/mol. The number of benzene rings is 1. The van der Waals surface area contributed by atoms with Crippen LogP contribution in [0.3, 0.4) is 0 Å². The van der Waals surface area contributed by atoms with E-state index in [9.17, 15) is 14.4 Å². The number of likely N-dealkylation sites (N-methyl/N-ethyl adjacent to an activating group) is 1. The quantitative estimate of drug-likeness (QED) is 0.460. The zero-order valence-corrected chi connectivity index (χ0v) is 11.2. The Morgan fingerprint density at radius 2 is 2.05 bits per heavy atom. The maximum Gasteiger partial charge on any atom is 0.290 e. The van der Waals surface area contributed by atoms with E-state index in [4.69, 9.17) is 4.74 Å². The lowest BCUT2D eigenvalue weighted by Gasteiger charge is -2.10. The normalized spacial score (nSPS) is 18.2. The lowest BCUT2D eigenvalue weighted by molar-refractivity contribution is -0.142. The van der Waals surface area contributed by atoms with E-state index in [1.54, 1.807) is 0 Å². The minimum absolute atomic E-state index is 0.142. The zero-order valence-electron chi connectivity index (χ0n) is 11.2. The number of ketones is 1. The number of Topliss-reactive ketones (excluding diaryl/α,β-unsaturated/α-hetero) is 1. The van der Waals surface area contributed by atoms with E-state index in [0.29, 0.717) is 12.4 Å². The average molecular weight is 276 g/mol. The fourth-order valence-electron chi connectivity index (χ4n) is 1.96. The van der Waals surface area contributed by atoms with Crippen LogP contribution in [0.25, 0.3) is 0 Å². The molecule has 0 aromatic heterocycles. The van der Waals surface area contributed by atoms with E-state index >= 15 is 0 Å². The number of likely N-dealkylation sites (tertiary alicyclic amines) is 1. The molecule has 0 bridgehead atoms. The minimum Gasteiger partial charge on any atom is -0.492 e. The Kier molecular flexibility index (Phi) is 4.34. The van der Waals surface area contributed by atoms with Crippen LogP contribution >= 0.6 is 0 Å². The van der Waals surface area contributed by atoms with Gasteiger partial charge in [0.25, 0.3) is 5.91 Å². The van der Waals surface area contributed by atoms with Crippen molar-refractivity contribution in [3.05, 3.63) is 30.3 Å². The van der Waals surface area contributed by atoms with Gasteiger partial charge >= 0.3 is 0 Å². The Morgan fingerprint density at radius 1 is 1.35 bits per heavy atom. The molecule has 1 heterocycles. The van der Waals surface area contributed by atoms with E-state index in [0.717, 1.165) is 0 Å². The number of amides is 2. The van der Waals surface area contributed by atoms with E-state index in [1.807, 2.05) is 30.3 Å². The molecule has 0 saturated carbocycles. The average Bonchev–Trinajstić information content (AvgIpc) is 2.72. The Morgan fingerprint density at radius 3 is 2.65 bits per heavy atom. The first-order valence-corrected chi connectivity index (χ1v) is 6.34. The predicted octanol–water partition coefficient (Wildman–Crippen LogP) is -0.161. The van der Waals surface area contributed by atoms with Crippen molar-refractivity contribution in [1.82, 2.24) is 10.2 Å². The molecule has 1 aromatic rings. The Balaban J connectivity index is 1.73. The van der Waals surface area contributed by atoms with E-state index in [-0.39, 0.29) is 13.1 Å². The van der Waals surface area contributed by atoms with Gasteiger partial charge in [-0.1, -0.05) is 18.2 Å². The van der Waals surface area contributed by atoms with Crippen LogP contribution in [0.4, 0.5) is 0 Å². The number of hydrogen-bond acceptors (Lipinski definition) is 4. The molecule has 0 radical (unpaired) electrons. The molecule has 1 atom stereocenters. The second kappa shape index (κ2) is 6.18. The molecule has 1 saturated heterocycles. The molecule has 2 rings (SSSR count). The fraction of sp³-hybridized carbons (Fsp3) is 0.357. The number of hydrogen-bond donors (Lipinski definition) is 1. The van der Waals surface area contributed by atoms with Gasteiger partial charge in [0.05, 0.1) is 6.54 Å². The van der Waals surface area contributed by atoms with Gasteiger partial charge in [0, 0.05) is 13.6 Å². The van der Waals surface area contributed by atoms with Crippen molar-refractivity contribution in [2.75, 3.05) is 26.7 Å². The van der Waals surface area contributed by atoms with E-state index in [1.165, 1.54) is 11.9 Å². The zero-order chi connectivity index (χ0) is 14.5. The lowest BCUT2D eigenvalue weighted by atomic mass is 10.1. The largest absolute Gasteiger partial charge is 0.492 e. The monoisotopic (exact) mass is 276 g/mol. The summed E-state index contributed by atoms with van der Waals surface area (Å²) in [4.78, 5) is 35.9. The summed E-state index contributed by atoms with van der Waals surface area (Å²) in [6.07, 6.45) is 0. The summed E-state index contributed by atoms with van der Waals surface area (Å²) >= 11 is 0. The molecule has 1 N–H and O–H groups in total. The molecule has 2 amide bonds. The second-order valence-corrected chi connectivity index (χ2v) is 4.56. The Hall–Kier alpha value is -2.37. The summed E-state index contributed by atoms with van der Waals surface area (Å²) < 4.78 is 5.41. The summed E-state index contributed by atoms with van der Waals surface area (Å²) in [5.41, 5.74) is 0. The molecular formula is C14H16N2O4. The third kappa shape index (κ3) is 3.14. The number of nitrogens with one attached hydrogen (secondary N) is 1. The van der Waals surface area contributed by atoms with E-state index < -0.39 is 23.5 Å². The van der Waals surface area contributed by atoms with Gasteiger partial charge in [-0.3, -0.25) is 14.4 Å². The van der Waals surface area contributed by atoms with E-state index in [2.05, 4.69) is 5.32 Å². The molecule has 106 valence electrons. The van der Waals surface area contributed by atoms with Crippen LogP contribution in [0.2, 0.25) is 0 Å². The van der Waals surface area contributed by atoms with Crippen molar-refractivity contribution in [3.63, 3.8) is 0 Å². The molecule has 1 aliphatic heterocycles. The third-order valence-corrected chi connectivity index (χ3v) is 3.06. The van der Waals surface area contributed by atoms with Crippen LogP contribution in [0.15, 0.2) is 30.3 Å². The highest BCUT2D eigenvalue weighted by atomic mass is 16.5. The minimum atomic E-state index is -0.899. The van der Waals surface area contributed by atoms with Gasteiger partial charge in [-0.15, -0.1) is 0 Å². The van der Waals surface area contributed by atoms with Crippen molar-refractivity contribution in [3.8, 4) is 5.75 Å². The number of rotatable bonds is 5. The molecular weight excluding hydrogens is 260 g/mol. The lowest BCUT2D eigenvalue weighted by Crippen LogP contribution is -2.37. The Bertz CT molecular complexity index is 515. The first-order valence-electron chi connectivity index (χ1n) is 6.34. The molecule has 1 aromatic carbocycles. The standard InChI is InChI=1S/C14H16N2O4/c1-16-9-11(12(17)14(16)19)13(18)15-7-8-20-10-5-3-2-4-6-10/h2-6,11H,7-9H2,1H3,(H,15,18). The second-order valence-electron chi connectivity index (χ2n) is 4.56. The van der Waals surface area contributed by atoms with Crippen molar-refractivity contribution >= 4 is 17.6 Å². The Labute approximate surface area is 116 Å². The molecule has 6 nitrogen and oxygen atoms in total. The summed E-state index contributed by atoms with van der Waals surface area (Å²) in [6, 6.07) is 9.22. The molecule has 0 spiro atoms. The maximum atomic E-state index is 11.8. The summed E-state index contributed by atoms with van der Waals surface area (Å²) in [5, 5.41) is 2.60. The SMILES string of the molecule is CN1CC(C(=O)NCCOc2ccccc2)C(=O)C1=O. The number of carbonyl (C=O) groups is 3. The van der Waals surface area contributed by atoms with Crippen LogP contribution in [0.5, 0.6) is 5.75 Å². The summed E-state index contributed by atoms with van der Waals surface area (Å²) in [7, 11) is 1.51. The van der Waals surface area contributed by atoms with Gasteiger partial charge in [-0.25, -0.2) is 0 Å². The van der Waals surface area contributed by atoms with Crippen LogP contribution in [-0.4, -0.2) is 49.2 Å². The first kappa shape index (κ1) is 14.0. The van der Waals surface area contributed by atoms with Gasteiger partial charge in [-0.05, 0) is 12.1 Å². The van der Waals surface area contributed by atoms with Crippen LogP contribution in [0, 0.1) is 5.92 Å². The van der Waals surface area contributed by atoms with Gasteiger partial charge in [0.2, 0.25) is 11.7 Å². The highest BCUT2D eigenvalue weighted by Gasteiger charge is 2.41. The van der Waals surface area contributed by atoms with Crippen molar-refractivity contribution in [2.24, 2.45) is 5.92 Å². The van der Waals surface area contributed by atoms with Gasteiger partial charge in [0.15, 0.2) is 0 Å². The highest BCUT2D eigenvalue weighted by Crippen LogP contribution is 2.12. The number of carbonyl (C=O) groups excluding carboxylic acids is 3. The first-order chi connectivity index (χ1) is 9.59. The molecule has 6 heteroatoms. The van der Waals surface area contributed by atoms with Gasteiger partial charge in [-0.2, -0.15) is 0 Å². The number of para-hydroxylation sites is 1. The molecule has 1 fully saturated rings. The van der Waals surface area contributed by atoms with Gasteiger partial charge in [0.1, 0.15) is 18.3 Å². The highest BCUT2D eigenvalue weighted by molar-refractivity contribution is 6.42. The summed E-state index contributed by atoms with van der Waals surface area (Å²) in [6.45, 7) is 0.735. The molecule has 20 heavy (non-hydrogen) atoms. The van der Waals surface area contributed by atoms with Gasteiger partial charge < -0.3 is 15.0 Å². The summed E-state index contributed by atoms with van der Waals surface area (Å²) in [5.74, 6) is -1.86. The van der Waals surface area contributed by atoms with Crippen molar-refractivity contribution in [2.45, 2.75) is 0 Å². The van der Waals surface area contributed by atoms with Crippen LogP contribution < -0.4 is 10.1 Å². The van der Waals surface area contributed by atoms with Crippen molar-refractivity contribution in [1.29, 1.82) is 0 Å². The molecule has 0 aliphatic carbocycles.